The number of carboxylic acid groups (broad SMARTS) is 1. The van der Waals surface area contributed by atoms with Crippen LogP contribution in [0.25, 0.3) is 6.08 Å². The number of amides is 1. The Kier molecular flexibility index (Phi) is 7.18. The van der Waals surface area contributed by atoms with E-state index in [-0.39, 0.29) is 6.54 Å². The first kappa shape index (κ1) is 22.5. The number of methoxy groups -OCH3 is 1. The smallest absolute Gasteiger partial charge is 0.416 e. The zero-order chi connectivity index (χ0) is 22.3. The Morgan fingerprint density at radius 2 is 1.63 bits per heavy atom. The fraction of sp³-hybridized carbons (Fsp3) is 0.150. The van der Waals surface area contributed by atoms with Crippen molar-refractivity contribution in [1.82, 2.24) is 5.32 Å². The molecular weight excluding hydrogens is 407 g/mol. The quantitative estimate of drug-likeness (QED) is 0.318. The Bertz CT molecular complexity index is 950. The minimum atomic E-state index is -4.49. The lowest BCUT2D eigenvalue weighted by Crippen LogP contribution is -2.28. The molecule has 0 fully saturated rings. The summed E-state index contributed by atoms with van der Waals surface area (Å²) in [5.74, 6) is -2.48. The van der Waals surface area contributed by atoms with Gasteiger partial charge in [-0.15, -0.1) is 0 Å². The van der Waals surface area contributed by atoms with Crippen molar-refractivity contribution in [3.05, 3.63) is 70.8 Å². The molecule has 0 aromatic heterocycles. The van der Waals surface area contributed by atoms with E-state index in [1.54, 1.807) is 12.1 Å². The minimum Gasteiger partial charge on any atom is -0.497 e. The summed E-state index contributed by atoms with van der Waals surface area (Å²) in [5, 5.41) is 11.4. The normalized spacial score (nSPS) is 11.5. The Morgan fingerprint density at radius 1 is 1.03 bits per heavy atom. The van der Waals surface area contributed by atoms with Crippen molar-refractivity contribution in [3.8, 4) is 5.75 Å². The number of benzene rings is 2. The summed E-state index contributed by atoms with van der Waals surface area (Å²) < 4.78 is 47.0. The molecule has 0 radical (unpaired) electrons. The molecule has 0 bridgehead atoms. The molecule has 0 aliphatic carbocycles. The molecule has 7 nitrogen and oxygen atoms in total. The first-order chi connectivity index (χ1) is 14.1. The van der Waals surface area contributed by atoms with Crippen LogP contribution in [0.4, 0.5) is 18.0 Å². The lowest BCUT2D eigenvalue weighted by Gasteiger charge is -2.09. The van der Waals surface area contributed by atoms with E-state index in [4.69, 9.17) is 4.74 Å². The first-order valence-electron chi connectivity index (χ1n) is 8.35. The Hall–Kier alpha value is -3.82. The van der Waals surface area contributed by atoms with E-state index in [2.05, 4.69) is 10.1 Å². The van der Waals surface area contributed by atoms with E-state index in [1.807, 2.05) is 0 Å². The van der Waals surface area contributed by atoms with E-state index in [9.17, 15) is 32.7 Å². The second kappa shape index (κ2) is 9.59. The van der Waals surface area contributed by atoms with Gasteiger partial charge in [0.05, 0.1) is 12.7 Å². The number of ether oxygens (including phenoxy) is 2. The molecule has 0 saturated heterocycles. The van der Waals surface area contributed by atoms with Gasteiger partial charge in [-0.25, -0.2) is 14.4 Å². The molecule has 0 heterocycles. The summed E-state index contributed by atoms with van der Waals surface area (Å²) in [4.78, 5) is 35.1. The second-order valence-electron chi connectivity index (χ2n) is 5.86. The van der Waals surface area contributed by atoms with Crippen molar-refractivity contribution in [2.75, 3.05) is 7.11 Å². The van der Waals surface area contributed by atoms with Gasteiger partial charge in [0.25, 0.3) is 0 Å². The second-order valence-corrected chi connectivity index (χ2v) is 5.86. The molecule has 2 aromatic rings. The van der Waals surface area contributed by atoms with Gasteiger partial charge >= 0.3 is 24.2 Å². The van der Waals surface area contributed by atoms with Crippen molar-refractivity contribution in [1.29, 1.82) is 0 Å². The lowest BCUT2D eigenvalue weighted by atomic mass is 10.1. The number of carbonyl (C=O) groups is 3. The van der Waals surface area contributed by atoms with Gasteiger partial charge in [-0.3, -0.25) is 0 Å². The highest BCUT2D eigenvalue weighted by molar-refractivity contribution is 6.18. The molecule has 0 aliphatic heterocycles. The fourth-order valence-corrected chi connectivity index (χ4v) is 2.24. The van der Waals surface area contributed by atoms with Crippen molar-refractivity contribution in [3.63, 3.8) is 0 Å². The van der Waals surface area contributed by atoms with Crippen LogP contribution < -0.4 is 10.1 Å². The third-order valence-corrected chi connectivity index (χ3v) is 3.78. The number of nitrogens with one attached hydrogen (secondary N) is 1. The Balaban J connectivity index is 1.99. The number of aliphatic carboxylic acids is 1. The summed E-state index contributed by atoms with van der Waals surface area (Å²) in [6.07, 6.45) is -4.71. The molecule has 158 valence electrons. The number of carboxylic acids is 1. The molecule has 30 heavy (non-hydrogen) atoms. The summed E-state index contributed by atoms with van der Waals surface area (Å²) in [6, 6.07) is 10.1. The van der Waals surface area contributed by atoms with E-state index < -0.39 is 35.3 Å². The van der Waals surface area contributed by atoms with Crippen LogP contribution in [0, 0.1) is 0 Å². The van der Waals surface area contributed by atoms with Crippen LogP contribution in [0.5, 0.6) is 5.75 Å². The first-order valence-corrected chi connectivity index (χ1v) is 8.35. The van der Waals surface area contributed by atoms with Crippen LogP contribution in [-0.4, -0.2) is 30.2 Å². The van der Waals surface area contributed by atoms with Crippen LogP contribution in [0.3, 0.4) is 0 Å². The number of hydrogen-bond donors (Lipinski definition) is 2. The van der Waals surface area contributed by atoms with Gasteiger partial charge in [-0.1, -0.05) is 24.3 Å². The van der Waals surface area contributed by atoms with Gasteiger partial charge in [0.15, 0.2) is 0 Å². The summed E-state index contributed by atoms with van der Waals surface area (Å²) in [6.45, 7) is -0.227. The highest BCUT2D eigenvalue weighted by atomic mass is 19.4. The van der Waals surface area contributed by atoms with Crippen LogP contribution in [-0.2, 0) is 27.0 Å². The highest BCUT2D eigenvalue weighted by Crippen LogP contribution is 2.29. The SMILES string of the molecule is COc1ccc(/C=C(\C(=O)O)C(=O)OC(=O)NCc2ccc(C(F)(F)F)cc2)cc1. The molecule has 0 atom stereocenters. The fourth-order valence-electron chi connectivity index (χ4n) is 2.24. The average molecular weight is 423 g/mol. The van der Waals surface area contributed by atoms with Crippen molar-refractivity contribution in [2.24, 2.45) is 0 Å². The highest BCUT2D eigenvalue weighted by Gasteiger charge is 2.30. The number of carbonyl (C=O) groups excluding carboxylic acids is 2. The van der Waals surface area contributed by atoms with Gasteiger partial charge in [-0.2, -0.15) is 13.2 Å². The molecule has 0 saturated carbocycles. The maximum Gasteiger partial charge on any atom is 0.416 e. The number of alkyl halides is 3. The maximum atomic E-state index is 12.5. The number of halogens is 3. The molecule has 0 spiro atoms. The molecule has 2 rings (SSSR count). The van der Waals surface area contributed by atoms with Crippen molar-refractivity contribution < 1.29 is 42.1 Å². The van der Waals surface area contributed by atoms with Gasteiger partial charge in [0.2, 0.25) is 0 Å². The summed E-state index contributed by atoms with van der Waals surface area (Å²) in [7, 11) is 1.45. The minimum absolute atomic E-state index is 0.227. The molecule has 0 unspecified atom stereocenters. The predicted molar refractivity (Wildman–Crippen MR) is 98.4 cm³/mol. The number of rotatable bonds is 6. The predicted octanol–water partition coefficient (Wildman–Crippen LogP) is 3.64. The average Bonchev–Trinajstić information content (AvgIpc) is 2.70. The largest absolute Gasteiger partial charge is 0.497 e. The third-order valence-electron chi connectivity index (χ3n) is 3.78. The van der Waals surface area contributed by atoms with Crippen molar-refractivity contribution in [2.45, 2.75) is 12.7 Å². The van der Waals surface area contributed by atoms with Crippen molar-refractivity contribution >= 4 is 24.1 Å². The molecular formula is C20H16F3NO6. The van der Waals surface area contributed by atoms with Gasteiger partial charge in [0.1, 0.15) is 11.3 Å². The molecule has 10 heteroatoms. The standard InChI is InChI=1S/C20H16F3NO6/c1-29-15-8-4-12(5-9-15)10-16(17(25)26)18(27)30-19(28)24-11-13-2-6-14(7-3-13)20(21,22)23/h2-10H,11H2,1H3,(H,24,28)(H,25,26)/b16-10+. The number of alkyl carbamates (subject to hydrolysis) is 1. The van der Waals surface area contributed by atoms with Gasteiger partial charge in [-0.05, 0) is 41.5 Å². The lowest BCUT2D eigenvalue weighted by molar-refractivity contribution is -0.140. The zero-order valence-electron chi connectivity index (χ0n) is 15.5. The van der Waals surface area contributed by atoms with E-state index >= 15 is 0 Å². The third kappa shape index (κ3) is 6.36. The van der Waals surface area contributed by atoms with Crippen LogP contribution in [0.2, 0.25) is 0 Å². The zero-order valence-corrected chi connectivity index (χ0v) is 15.5. The van der Waals surface area contributed by atoms with Gasteiger partial charge in [0, 0.05) is 6.54 Å². The summed E-state index contributed by atoms with van der Waals surface area (Å²) >= 11 is 0. The topological polar surface area (TPSA) is 102 Å². The van der Waals surface area contributed by atoms with E-state index in [0.29, 0.717) is 16.9 Å². The number of hydrogen-bond acceptors (Lipinski definition) is 5. The monoisotopic (exact) mass is 423 g/mol. The van der Waals surface area contributed by atoms with E-state index in [0.717, 1.165) is 30.3 Å². The van der Waals surface area contributed by atoms with E-state index in [1.165, 1.54) is 19.2 Å². The van der Waals surface area contributed by atoms with Crippen LogP contribution in [0.1, 0.15) is 16.7 Å². The maximum absolute atomic E-state index is 12.5. The molecule has 0 aliphatic rings. The number of esters is 1. The van der Waals surface area contributed by atoms with Gasteiger partial charge < -0.3 is 19.9 Å². The molecule has 1 amide bonds. The van der Waals surface area contributed by atoms with Crippen LogP contribution >= 0.6 is 0 Å². The molecule has 2 N–H and O–H groups in total. The summed E-state index contributed by atoms with van der Waals surface area (Å²) in [5.41, 5.74) is -0.960. The Morgan fingerprint density at radius 3 is 2.13 bits per heavy atom. The molecule has 2 aromatic carbocycles. The van der Waals surface area contributed by atoms with Crippen LogP contribution in [0.15, 0.2) is 54.1 Å². The Labute approximate surface area is 168 Å².